The lowest BCUT2D eigenvalue weighted by Gasteiger charge is -2.46. The number of para-hydroxylation sites is 2. The van der Waals surface area contributed by atoms with Crippen LogP contribution in [-0.4, -0.2) is 103 Å². The number of nitrogens with zero attached hydrogens (tertiary/aromatic N) is 8. The number of anilines is 2. The van der Waals surface area contributed by atoms with Crippen LogP contribution in [0.3, 0.4) is 0 Å². The number of hydrogen-bond acceptors (Lipinski definition) is 12. The number of ether oxygens (including phenoxy) is 2. The third kappa shape index (κ3) is 7.13. The Morgan fingerprint density at radius 2 is 1.54 bits per heavy atom. The van der Waals surface area contributed by atoms with Gasteiger partial charge in [-0.2, -0.15) is 0 Å². The summed E-state index contributed by atoms with van der Waals surface area (Å²) >= 11 is 0. The smallest absolute Gasteiger partial charge is 0.324 e. The zero-order valence-electron chi connectivity index (χ0n) is 36.3. The van der Waals surface area contributed by atoms with Crippen molar-refractivity contribution in [3.8, 4) is 17.6 Å². The highest BCUT2D eigenvalue weighted by Gasteiger charge is 2.74. The maximum Gasteiger partial charge on any atom is 0.324 e. The summed E-state index contributed by atoms with van der Waals surface area (Å²) < 4.78 is 14.7. The van der Waals surface area contributed by atoms with Crippen LogP contribution in [0.1, 0.15) is 46.0 Å². The topological polar surface area (TPSA) is 168 Å². The van der Waals surface area contributed by atoms with E-state index in [0.29, 0.717) is 47.2 Å². The SMILES string of the molecule is O=C1O[C@@H](c2ccccc2)[C@@H](c2ccccc2)N2[C@@H](c3ccccc3OCCO)[C@]3(C(=O)Nc4ccc(C#CCn5nnc6ccccc65)cc43)[C@@H](C(=O)N3CCN(c4ncccn4)CC3)[C@H]12. The second-order valence-corrected chi connectivity index (χ2v) is 17.0. The molecule has 6 atom stereocenters. The predicted molar refractivity (Wildman–Crippen MR) is 247 cm³/mol. The Morgan fingerprint density at radius 3 is 2.31 bits per heavy atom. The van der Waals surface area contributed by atoms with Crippen molar-refractivity contribution in [1.82, 2.24) is 34.8 Å². The van der Waals surface area contributed by atoms with Gasteiger partial charge >= 0.3 is 5.97 Å². The number of aromatic nitrogens is 5. The lowest BCUT2D eigenvalue weighted by atomic mass is 9.64. The van der Waals surface area contributed by atoms with Crippen LogP contribution in [-0.2, 0) is 31.1 Å². The summed E-state index contributed by atoms with van der Waals surface area (Å²) in [4.78, 5) is 62.0. The third-order valence-electron chi connectivity index (χ3n) is 13.4. The molecule has 5 aromatic carbocycles. The number of esters is 1. The number of cyclic esters (lactones) is 1. The number of hydrogen-bond donors (Lipinski definition) is 2. The Labute approximate surface area is 386 Å². The molecule has 7 aromatic rings. The lowest BCUT2D eigenvalue weighted by Crippen LogP contribution is -2.58. The molecule has 2 aromatic heterocycles. The molecule has 1 spiro atoms. The fourth-order valence-electron chi connectivity index (χ4n) is 10.6. The minimum atomic E-state index is -1.76. The van der Waals surface area contributed by atoms with E-state index in [4.69, 9.17) is 9.47 Å². The van der Waals surface area contributed by atoms with Crippen molar-refractivity contribution >= 4 is 40.5 Å². The van der Waals surface area contributed by atoms with Gasteiger partial charge in [-0.25, -0.2) is 14.6 Å². The summed E-state index contributed by atoms with van der Waals surface area (Å²) in [5.41, 5.74) is 3.62. The summed E-state index contributed by atoms with van der Waals surface area (Å²) in [6, 6.07) is 38.7. The summed E-state index contributed by atoms with van der Waals surface area (Å²) in [5, 5.41) is 21.8. The van der Waals surface area contributed by atoms with Gasteiger partial charge in [0.05, 0.1) is 30.1 Å². The van der Waals surface area contributed by atoms with Crippen molar-refractivity contribution < 1.29 is 29.0 Å². The number of rotatable bonds is 9. The molecule has 0 bridgehead atoms. The maximum absolute atomic E-state index is 16.0. The van der Waals surface area contributed by atoms with Crippen molar-refractivity contribution in [2.75, 3.05) is 49.6 Å². The van der Waals surface area contributed by atoms with Gasteiger partial charge in [0, 0.05) is 55.4 Å². The van der Waals surface area contributed by atoms with E-state index >= 15 is 14.4 Å². The second kappa shape index (κ2) is 17.5. The van der Waals surface area contributed by atoms with E-state index in [1.54, 1.807) is 34.1 Å². The molecule has 0 aliphatic carbocycles. The fourth-order valence-corrected chi connectivity index (χ4v) is 10.6. The van der Waals surface area contributed by atoms with Crippen LogP contribution < -0.4 is 15.0 Å². The van der Waals surface area contributed by atoms with Crippen molar-refractivity contribution in [1.29, 1.82) is 0 Å². The number of piperazine rings is 1. The van der Waals surface area contributed by atoms with Gasteiger partial charge in [-0.15, -0.1) is 5.10 Å². The average molecular weight is 892 g/mol. The van der Waals surface area contributed by atoms with Crippen LogP contribution in [0.2, 0.25) is 0 Å². The van der Waals surface area contributed by atoms with Gasteiger partial charge in [-0.3, -0.25) is 19.3 Å². The minimum absolute atomic E-state index is 0.0295. The minimum Gasteiger partial charge on any atom is -0.491 e. The monoisotopic (exact) mass is 891 g/mol. The number of morpholine rings is 1. The molecule has 3 saturated heterocycles. The molecule has 4 aliphatic rings. The number of aliphatic hydroxyl groups is 1. The van der Waals surface area contributed by atoms with Crippen LogP contribution in [0.15, 0.2) is 146 Å². The molecule has 6 heterocycles. The Balaban J connectivity index is 1.12. The normalized spacial score (nSPS) is 23.3. The Morgan fingerprint density at radius 1 is 0.821 bits per heavy atom. The summed E-state index contributed by atoms with van der Waals surface area (Å²) in [6.45, 7) is 1.40. The van der Waals surface area contributed by atoms with Crippen LogP contribution in [0.25, 0.3) is 11.0 Å². The van der Waals surface area contributed by atoms with Crippen molar-refractivity contribution in [3.63, 3.8) is 0 Å². The molecule has 4 aliphatic heterocycles. The standard InChI is InChI=1S/C52H45N9O6/c62-31-32-66-42-21-10-7-18-37(42)47-52(38-33-34(22-23-39(38)55-50(52)65)13-11-26-60-41-20-9-8-19-40(41)56-57-60)43(48(63)58-27-29-59(30-28-58)51-53-24-12-25-54-51)45-49(64)67-46(36-16-5-2-6-17-36)44(61(45)47)35-14-3-1-4-15-35/h1-10,12,14-25,33,43-47,62H,26-32H2,(H,55,65)/t43-,44-,45-,46+,47+,52-/m1/s1. The molecule has 15 heteroatoms. The highest BCUT2D eigenvalue weighted by molar-refractivity contribution is 6.12. The van der Waals surface area contributed by atoms with Gasteiger partial charge in [0.25, 0.3) is 0 Å². The number of carbonyl (C=O) groups is 3. The molecule has 15 nitrogen and oxygen atoms in total. The Hall–Kier alpha value is -7.93. The zero-order valence-corrected chi connectivity index (χ0v) is 36.3. The van der Waals surface area contributed by atoms with Crippen molar-refractivity contribution in [2.45, 2.75) is 36.2 Å². The molecular weight excluding hydrogens is 847 g/mol. The fraction of sp³-hybridized carbons (Fsp3) is 0.250. The first kappa shape index (κ1) is 41.8. The van der Waals surface area contributed by atoms with E-state index in [9.17, 15) is 5.11 Å². The number of aliphatic hydroxyl groups excluding tert-OH is 1. The van der Waals surface area contributed by atoms with E-state index < -0.39 is 47.4 Å². The van der Waals surface area contributed by atoms with Crippen LogP contribution >= 0.6 is 0 Å². The first-order chi connectivity index (χ1) is 32.9. The molecule has 3 fully saturated rings. The quantitative estimate of drug-likeness (QED) is 0.143. The third-order valence-corrected chi connectivity index (χ3v) is 13.4. The molecule has 0 saturated carbocycles. The predicted octanol–water partition coefficient (Wildman–Crippen LogP) is 5.26. The Kier molecular flexibility index (Phi) is 10.9. The Bertz CT molecular complexity index is 3040. The molecular formula is C52H45N9O6. The zero-order chi connectivity index (χ0) is 45.5. The van der Waals surface area contributed by atoms with Crippen LogP contribution in [0, 0.1) is 17.8 Å². The van der Waals surface area contributed by atoms with Gasteiger partial charge in [0.15, 0.2) is 0 Å². The van der Waals surface area contributed by atoms with E-state index in [0.717, 1.165) is 22.2 Å². The molecule has 334 valence electrons. The number of carbonyl (C=O) groups excluding carboxylic acids is 3. The summed E-state index contributed by atoms with van der Waals surface area (Å²) in [5.74, 6) is 4.80. The van der Waals surface area contributed by atoms with E-state index in [-0.39, 0.29) is 38.8 Å². The molecule has 2 amide bonds. The number of fused-ring (bicyclic) bond motifs is 4. The van der Waals surface area contributed by atoms with E-state index in [2.05, 4.69) is 42.3 Å². The van der Waals surface area contributed by atoms with Crippen molar-refractivity contribution in [3.05, 3.63) is 174 Å². The molecule has 0 radical (unpaired) electrons. The van der Waals surface area contributed by atoms with Gasteiger partial charge in [-0.05, 0) is 59.2 Å². The van der Waals surface area contributed by atoms with Gasteiger partial charge in [0.1, 0.15) is 42.0 Å². The molecule has 11 rings (SSSR count). The van der Waals surface area contributed by atoms with Crippen molar-refractivity contribution in [2.24, 2.45) is 5.92 Å². The number of nitrogens with one attached hydrogen (secondary N) is 1. The van der Waals surface area contributed by atoms with Gasteiger partial charge in [0.2, 0.25) is 17.8 Å². The van der Waals surface area contributed by atoms with Crippen LogP contribution in [0.4, 0.5) is 11.6 Å². The maximum atomic E-state index is 16.0. The van der Waals surface area contributed by atoms with E-state index in [1.165, 1.54) is 0 Å². The summed E-state index contributed by atoms with van der Waals surface area (Å²) in [7, 11) is 0. The number of amides is 2. The van der Waals surface area contributed by atoms with E-state index in [1.807, 2.05) is 126 Å². The highest BCUT2D eigenvalue weighted by atomic mass is 16.6. The van der Waals surface area contributed by atoms with Gasteiger partial charge < -0.3 is 29.7 Å². The van der Waals surface area contributed by atoms with Gasteiger partial charge in [-0.1, -0.05) is 108 Å². The average Bonchev–Trinajstić information content (AvgIpc) is 4.03. The highest BCUT2D eigenvalue weighted by Crippen LogP contribution is 2.66. The molecule has 67 heavy (non-hydrogen) atoms. The molecule has 0 unspecified atom stereocenters. The second-order valence-electron chi connectivity index (χ2n) is 17.0. The summed E-state index contributed by atoms with van der Waals surface area (Å²) in [6.07, 6.45) is 2.53. The molecule has 2 N–H and O–H groups in total. The van der Waals surface area contributed by atoms with Crippen LogP contribution in [0.5, 0.6) is 5.75 Å². The first-order valence-electron chi connectivity index (χ1n) is 22.4. The lowest BCUT2D eigenvalue weighted by molar-refractivity contribution is -0.179. The first-order valence-corrected chi connectivity index (χ1v) is 22.4. The number of benzene rings is 5. The largest absolute Gasteiger partial charge is 0.491 e.